The molecule has 5 rings (SSSR count). The van der Waals surface area contributed by atoms with Crippen molar-refractivity contribution in [3.8, 4) is 0 Å². The van der Waals surface area contributed by atoms with Crippen LogP contribution >= 0.6 is 0 Å². The second-order valence-corrected chi connectivity index (χ2v) is 8.65. The predicted octanol–water partition coefficient (Wildman–Crippen LogP) is 2.49. The van der Waals surface area contributed by atoms with Gasteiger partial charge in [-0.05, 0) is 49.2 Å². The molecule has 1 N–H and O–H groups in total. The molecule has 158 valence electrons. The summed E-state index contributed by atoms with van der Waals surface area (Å²) in [6.45, 7) is 5.35. The lowest BCUT2D eigenvalue weighted by Crippen LogP contribution is -2.51. The van der Waals surface area contributed by atoms with E-state index in [2.05, 4.69) is 86.7 Å². The van der Waals surface area contributed by atoms with Gasteiger partial charge < -0.3 is 20.0 Å². The van der Waals surface area contributed by atoms with Crippen LogP contribution in [0.25, 0.3) is 0 Å². The topological polar surface area (TPSA) is 37.9 Å². The summed E-state index contributed by atoms with van der Waals surface area (Å²) in [6, 6.07) is 11.8. The Labute approximate surface area is 179 Å². The van der Waals surface area contributed by atoms with Crippen LogP contribution < -0.4 is 15.1 Å². The number of nitrogens with one attached hydrogen (secondary N) is 1. The number of fused-ring (bicyclic) bond motifs is 3. The summed E-state index contributed by atoms with van der Waals surface area (Å²) in [7, 11) is 4.27. The molecule has 3 aliphatic rings. The Morgan fingerprint density at radius 1 is 1.03 bits per heavy atom. The molecule has 1 saturated heterocycles. The summed E-state index contributed by atoms with van der Waals surface area (Å²) in [6.07, 6.45) is 10.9. The van der Waals surface area contributed by atoms with Crippen LogP contribution in [0.2, 0.25) is 0 Å². The third kappa shape index (κ3) is 3.66. The first kappa shape index (κ1) is 19.4. The lowest BCUT2D eigenvalue weighted by Gasteiger charge is -2.36. The summed E-state index contributed by atoms with van der Waals surface area (Å²) in [5.74, 6) is 0. The Bertz CT molecular complexity index is 890. The number of anilines is 2. The first-order chi connectivity index (χ1) is 14.7. The summed E-state index contributed by atoms with van der Waals surface area (Å²) in [5.41, 5.74) is 5.54. The minimum atomic E-state index is 0.357. The molecule has 4 heterocycles. The molecule has 2 unspecified atom stereocenters. The zero-order valence-electron chi connectivity index (χ0n) is 18.0. The molecule has 1 aromatic carbocycles. The van der Waals surface area contributed by atoms with E-state index < -0.39 is 0 Å². The first-order valence-electron chi connectivity index (χ1n) is 11.1. The third-order valence-corrected chi connectivity index (χ3v) is 6.85. The maximum Gasteiger partial charge on any atom is 0.121 e. The van der Waals surface area contributed by atoms with Gasteiger partial charge in [-0.1, -0.05) is 12.1 Å². The molecule has 1 fully saturated rings. The highest BCUT2D eigenvalue weighted by atomic mass is 15.4. The maximum atomic E-state index is 4.14. The number of aryl methyl sites for hydroxylation is 1. The zero-order chi connectivity index (χ0) is 20.5. The minimum absolute atomic E-state index is 0.357. The largest absolute Gasteiger partial charge is 0.369 e. The summed E-state index contributed by atoms with van der Waals surface area (Å²) in [5, 5.41) is 3.54. The summed E-state index contributed by atoms with van der Waals surface area (Å²) < 4.78 is 0. The molecular formula is C24H32N6. The van der Waals surface area contributed by atoms with Crippen LogP contribution in [0.4, 0.5) is 11.4 Å². The van der Waals surface area contributed by atoms with E-state index >= 15 is 0 Å². The Morgan fingerprint density at radius 3 is 2.60 bits per heavy atom. The number of likely N-dealkylation sites (N-methyl/N-ethyl adjacent to an activating group) is 2. The highest BCUT2D eigenvalue weighted by Crippen LogP contribution is 2.35. The quantitative estimate of drug-likeness (QED) is 0.844. The van der Waals surface area contributed by atoms with Crippen molar-refractivity contribution < 1.29 is 0 Å². The van der Waals surface area contributed by atoms with Crippen molar-refractivity contribution in [1.82, 2.24) is 20.1 Å². The molecule has 6 heteroatoms. The molecule has 0 radical (unpaired) electrons. The fraction of sp³-hybridized carbons (Fsp3) is 0.458. The van der Waals surface area contributed by atoms with Crippen molar-refractivity contribution in [2.75, 3.05) is 50.1 Å². The fourth-order valence-electron chi connectivity index (χ4n) is 5.14. The van der Waals surface area contributed by atoms with Crippen LogP contribution in [0.1, 0.15) is 17.5 Å². The van der Waals surface area contributed by atoms with E-state index in [1.54, 1.807) is 0 Å². The van der Waals surface area contributed by atoms with Gasteiger partial charge in [0.2, 0.25) is 0 Å². The van der Waals surface area contributed by atoms with Crippen molar-refractivity contribution >= 4 is 11.4 Å². The van der Waals surface area contributed by atoms with E-state index in [-0.39, 0.29) is 0 Å². The Morgan fingerprint density at radius 2 is 1.83 bits per heavy atom. The molecule has 0 saturated carbocycles. The van der Waals surface area contributed by atoms with Crippen molar-refractivity contribution in [1.29, 1.82) is 0 Å². The number of hydrogen-bond donors (Lipinski definition) is 1. The second kappa shape index (κ2) is 8.28. The van der Waals surface area contributed by atoms with Crippen LogP contribution in [-0.4, -0.2) is 67.3 Å². The van der Waals surface area contributed by atoms with Crippen LogP contribution in [0.3, 0.4) is 0 Å². The van der Waals surface area contributed by atoms with Crippen LogP contribution in [-0.2, 0) is 13.0 Å². The lowest BCUT2D eigenvalue weighted by molar-refractivity contribution is 0.250. The first-order valence-corrected chi connectivity index (χ1v) is 11.1. The summed E-state index contributed by atoms with van der Waals surface area (Å²) >= 11 is 0. The molecule has 2 atom stereocenters. The Balaban J connectivity index is 1.29. The SMILES string of the molecule is CNC1CCc2ccc(CN3CCN(c4ccncc4)CC3)cc2N2C=CN(C)C12. The molecule has 2 aromatic rings. The average Bonchev–Trinajstić information content (AvgIpc) is 3.09. The smallest absolute Gasteiger partial charge is 0.121 e. The molecular weight excluding hydrogens is 372 g/mol. The van der Waals surface area contributed by atoms with E-state index in [0.717, 1.165) is 45.6 Å². The summed E-state index contributed by atoms with van der Waals surface area (Å²) in [4.78, 5) is 14.0. The maximum absolute atomic E-state index is 4.14. The van der Waals surface area contributed by atoms with Gasteiger partial charge in [-0.25, -0.2) is 0 Å². The molecule has 6 nitrogen and oxygen atoms in total. The minimum Gasteiger partial charge on any atom is -0.369 e. The van der Waals surface area contributed by atoms with Crippen molar-refractivity contribution in [3.05, 3.63) is 66.3 Å². The Kier molecular flexibility index (Phi) is 5.35. The van der Waals surface area contributed by atoms with Gasteiger partial charge in [0.25, 0.3) is 0 Å². The normalized spacial score (nSPS) is 24.0. The van der Waals surface area contributed by atoms with E-state index in [0.29, 0.717) is 12.2 Å². The van der Waals surface area contributed by atoms with Gasteiger partial charge in [0.1, 0.15) is 6.17 Å². The van der Waals surface area contributed by atoms with Gasteiger partial charge in [0, 0.05) is 82.0 Å². The molecule has 0 aliphatic carbocycles. The van der Waals surface area contributed by atoms with Crippen LogP contribution in [0.5, 0.6) is 0 Å². The van der Waals surface area contributed by atoms with Crippen molar-refractivity contribution in [3.63, 3.8) is 0 Å². The number of nitrogens with zero attached hydrogens (tertiary/aromatic N) is 5. The van der Waals surface area contributed by atoms with E-state index in [9.17, 15) is 0 Å². The van der Waals surface area contributed by atoms with Gasteiger partial charge in [-0.15, -0.1) is 0 Å². The molecule has 30 heavy (non-hydrogen) atoms. The Hall–Kier alpha value is -2.57. The molecule has 1 aromatic heterocycles. The second-order valence-electron chi connectivity index (χ2n) is 8.65. The number of piperazine rings is 1. The number of aromatic nitrogens is 1. The molecule has 0 amide bonds. The van der Waals surface area contributed by atoms with E-state index in [4.69, 9.17) is 0 Å². The highest BCUT2D eigenvalue weighted by Gasteiger charge is 2.35. The highest BCUT2D eigenvalue weighted by molar-refractivity contribution is 5.60. The van der Waals surface area contributed by atoms with Gasteiger partial charge in [-0.2, -0.15) is 0 Å². The van der Waals surface area contributed by atoms with Crippen LogP contribution in [0, 0.1) is 0 Å². The number of pyridine rings is 1. The van der Waals surface area contributed by atoms with Gasteiger partial charge in [0.15, 0.2) is 0 Å². The van der Waals surface area contributed by atoms with E-state index in [1.807, 2.05) is 12.4 Å². The molecule has 0 bridgehead atoms. The fourth-order valence-corrected chi connectivity index (χ4v) is 5.14. The zero-order valence-corrected chi connectivity index (χ0v) is 18.0. The van der Waals surface area contributed by atoms with Gasteiger partial charge >= 0.3 is 0 Å². The van der Waals surface area contributed by atoms with Gasteiger partial charge in [0.05, 0.1) is 0 Å². The number of rotatable bonds is 4. The average molecular weight is 405 g/mol. The predicted molar refractivity (Wildman–Crippen MR) is 123 cm³/mol. The van der Waals surface area contributed by atoms with E-state index in [1.165, 1.54) is 22.5 Å². The molecule has 3 aliphatic heterocycles. The number of benzene rings is 1. The standard InChI is InChI=1S/C24H32N6/c1-25-22-6-5-20-4-3-19(17-23(20)30-16-11-27(2)24(22)30)18-28-12-14-29(15-13-28)21-7-9-26-10-8-21/h3-4,7-11,16-17,22,24-25H,5-6,12-15,18H2,1-2H3. The third-order valence-electron chi connectivity index (χ3n) is 6.85. The van der Waals surface area contributed by atoms with Crippen LogP contribution in [0.15, 0.2) is 55.1 Å². The van der Waals surface area contributed by atoms with Gasteiger partial charge in [-0.3, -0.25) is 9.88 Å². The van der Waals surface area contributed by atoms with Crippen molar-refractivity contribution in [2.45, 2.75) is 31.6 Å². The molecule has 0 spiro atoms. The monoisotopic (exact) mass is 404 g/mol. The van der Waals surface area contributed by atoms with Crippen molar-refractivity contribution in [2.24, 2.45) is 0 Å². The lowest BCUT2D eigenvalue weighted by atomic mass is 10.0. The number of hydrogen-bond acceptors (Lipinski definition) is 6.